The summed E-state index contributed by atoms with van der Waals surface area (Å²) in [6, 6.07) is 3.19. The van der Waals surface area contributed by atoms with Crippen LogP contribution >= 0.6 is 11.6 Å². The summed E-state index contributed by atoms with van der Waals surface area (Å²) in [7, 11) is -0.547. The van der Waals surface area contributed by atoms with E-state index in [1.165, 1.54) is 9.21 Å². The molecule has 22 heavy (non-hydrogen) atoms. The number of hydrogen-bond donors (Lipinski definition) is 0. The summed E-state index contributed by atoms with van der Waals surface area (Å²) >= 11 is 5.86. The number of amides is 1. The maximum atomic E-state index is 13.1. The molecule has 0 bridgehead atoms. The summed E-state index contributed by atoms with van der Waals surface area (Å²) in [6.07, 6.45) is 1.25. The lowest BCUT2D eigenvalue weighted by Crippen LogP contribution is -2.45. The van der Waals surface area contributed by atoms with Crippen LogP contribution in [-0.4, -0.2) is 50.7 Å². The lowest BCUT2D eigenvalue weighted by atomic mass is 9.98. The molecule has 1 aliphatic heterocycles. The first-order chi connectivity index (χ1) is 10.2. The predicted molar refractivity (Wildman–Crippen MR) is 81.6 cm³/mol. The number of nitrogens with zero attached hydrogens (tertiary/aromatic N) is 2. The normalized spacial score (nSPS) is 19.9. The zero-order chi connectivity index (χ0) is 16.5. The SMILES string of the molecule is CN(C)C(=O)[C@H]1CCCN(S(=O)(=O)c2ccc(F)cc2Cl)C1. The first kappa shape index (κ1) is 17.2. The summed E-state index contributed by atoms with van der Waals surface area (Å²) in [5, 5.41) is -0.152. The highest BCUT2D eigenvalue weighted by atomic mass is 35.5. The number of halogens is 2. The summed E-state index contributed by atoms with van der Waals surface area (Å²) in [5.41, 5.74) is 0. The first-order valence-electron chi connectivity index (χ1n) is 6.90. The average molecular weight is 349 g/mol. The second-order valence-electron chi connectivity index (χ2n) is 5.51. The van der Waals surface area contributed by atoms with Gasteiger partial charge in [-0.15, -0.1) is 0 Å². The van der Waals surface area contributed by atoms with Gasteiger partial charge in [0.25, 0.3) is 0 Å². The molecule has 8 heteroatoms. The third-order valence-electron chi connectivity index (χ3n) is 3.69. The van der Waals surface area contributed by atoms with Gasteiger partial charge in [-0.1, -0.05) is 11.6 Å². The Labute approximate surface area is 134 Å². The number of carbonyl (C=O) groups excluding carboxylic acids is 1. The van der Waals surface area contributed by atoms with Crippen LogP contribution in [0.3, 0.4) is 0 Å². The Hall–Kier alpha value is -1.18. The number of benzene rings is 1. The standard InChI is InChI=1S/C14H18ClFN2O3S/c1-17(2)14(19)10-4-3-7-18(9-10)22(20,21)13-6-5-11(16)8-12(13)15/h5-6,8,10H,3-4,7,9H2,1-2H3/t10-/m0/s1. The molecule has 0 N–H and O–H groups in total. The van der Waals surface area contributed by atoms with E-state index in [4.69, 9.17) is 11.6 Å². The monoisotopic (exact) mass is 348 g/mol. The fourth-order valence-electron chi connectivity index (χ4n) is 2.55. The zero-order valence-electron chi connectivity index (χ0n) is 12.4. The summed E-state index contributed by atoms with van der Waals surface area (Å²) in [6.45, 7) is 0.445. The van der Waals surface area contributed by atoms with Crippen molar-refractivity contribution < 1.29 is 17.6 Å². The Balaban J connectivity index is 2.27. The highest BCUT2D eigenvalue weighted by Crippen LogP contribution is 2.29. The molecule has 2 rings (SSSR count). The molecule has 1 aliphatic rings. The van der Waals surface area contributed by atoms with Gasteiger partial charge in [0, 0.05) is 27.2 Å². The van der Waals surface area contributed by atoms with Crippen molar-refractivity contribution in [3.05, 3.63) is 29.0 Å². The van der Waals surface area contributed by atoms with Gasteiger partial charge in [0.2, 0.25) is 15.9 Å². The average Bonchev–Trinajstić information content (AvgIpc) is 2.46. The number of carbonyl (C=O) groups is 1. The maximum Gasteiger partial charge on any atom is 0.244 e. The molecule has 0 spiro atoms. The van der Waals surface area contributed by atoms with Gasteiger partial charge < -0.3 is 4.90 Å². The Morgan fingerprint density at radius 1 is 1.41 bits per heavy atom. The summed E-state index contributed by atoms with van der Waals surface area (Å²) < 4.78 is 39.6. The Bertz CT molecular complexity index is 679. The van der Waals surface area contributed by atoms with Crippen LogP contribution in [0.5, 0.6) is 0 Å². The first-order valence-corrected chi connectivity index (χ1v) is 8.71. The van der Waals surface area contributed by atoms with Gasteiger partial charge in [-0.05, 0) is 31.0 Å². The minimum atomic E-state index is -3.84. The van der Waals surface area contributed by atoms with Crippen LogP contribution in [0.4, 0.5) is 4.39 Å². The molecule has 0 saturated carbocycles. The molecule has 0 aliphatic carbocycles. The molecule has 1 aromatic rings. The Morgan fingerprint density at radius 3 is 2.68 bits per heavy atom. The minimum Gasteiger partial charge on any atom is -0.349 e. The molecule has 1 heterocycles. The van der Waals surface area contributed by atoms with Gasteiger partial charge >= 0.3 is 0 Å². The van der Waals surface area contributed by atoms with Crippen LogP contribution in [0.25, 0.3) is 0 Å². The lowest BCUT2D eigenvalue weighted by Gasteiger charge is -2.32. The smallest absolute Gasteiger partial charge is 0.244 e. The van der Waals surface area contributed by atoms with E-state index in [2.05, 4.69) is 0 Å². The van der Waals surface area contributed by atoms with E-state index < -0.39 is 15.8 Å². The van der Waals surface area contributed by atoms with Crippen LogP contribution in [0.15, 0.2) is 23.1 Å². The quantitative estimate of drug-likeness (QED) is 0.839. The van der Waals surface area contributed by atoms with Gasteiger partial charge in [0.05, 0.1) is 10.9 Å². The second kappa shape index (κ2) is 6.52. The Morgan fingerprint density at radius 2 is 2.09 bits per heavy atom. The third-order valence-corrected chi connectivity index (χ3v) is 6.03. The molecule has 1 atom stereocenters. The van der Waals surface area contributed by atoms with Gasteiger partial charge in [0.15, 0.2) is 0 Å². The van der Waals surface area contributed by atoms with E-state index in [0.717, 1.165) is 18.2 Å². The fraction of sp³-hybridized carbons (Fsp3) is 0.500. The molecule has 0 aromatic heterocycles. The molecule has 1 saturated heterocycles. The van der Waals surface area contributed by atoms with Gasteiger partial charge in [-0.2, -0.15) is 4.31 Å². The third kappa shape index (κ3) is 3.42. The largest absolute Gasteiger partial charge is 0.349 e. The lowest BCUT2D eigenvalue weighted by molar-refractivity contribution is -0.134. The van der Waals surface area contributed by atoms with Gasteiger partial charge in [-0.3, -0.25) is 4.79 Å². The highest BCUT2D eigenvalue weighted by Gasteiger charge is 2.34. The van der Waals surface area contributed by atoms with Crippen molar-refractivity contribution in [1.29, 1.82) is 0 Å². The van der Waals surface area contributed by atoms with E-state index in [1.54, 1.807) is 14.1 Å². The van der Waals surface area contributed by atoms with Crippen LogP contribution in [0, 0.1) is 11.7 Å². The topological polar surface area (TPSA) is 57.7 Å². The van der Waals surface area contributed by atoms with Crippen molar-refractivity contribution in [3.8, 4) is 0 Å². The van der Waals surface area contributed by atoms with E-state index in [1.807, 2.05) is 0 Å². The van der Waals surface area contributed by atoms with Crippen molar-refractivity contribution in [3.63, 3.8) is 0 Å². The van der Waals surface area contributed by atoms with Crippen molar-refractivity contribution in [2.24, 2.45) is 5.92 Å². The number of piperidine rings is 1. The van der Waals surface area contributed by atoms with E-state index in [9.17, 15) is 17.6 Å². The van der Waals surface area contributed by atoms with Crippen LogP contribution in [0.2, 0.25) is 5.02 Å². The fourth-order valence-corrected chi connectivity index (χ4v) is 4.58. The number of hydrogen-bond acceptors (Lipinski definition) is 3. The van der Waals surface area contributed by atoms with Crippen molar-refractivity contribution >= 4 is 27.5 Å². The molecule has 0 radical (unpaired) electrons. The van der Waals surface area contributed by atoms with E-state index in [0.29, 0.717) is 19.4 Å². The van der Waals surface area contributed by atoms with Gasteiger partial charge in [0.1, 0.15) is 10.7 Å². The molecule has 122 valence electrons. The van der Waals surface area contributed by atoms with E-state index >= 15 is 0 Å². The highest BCUT2D eigenvalue weighted by molar-refractivity contribution is 7.89. The summed E-state index contributed by atoms with van der Waals surface area (Å²) in [5.74, 6) is -1.05. The predicted octanol–water partition coefficient (Wildman–Crippen LogP) is 1.97. The minimum absolute atomic E-state index is 0.0925. The van der Waals surface area contributed by atoms with Crippen LogP contribution in [-0.2, 0) is 14.8 Å². The van der Waals surface area contributed by atoms with Crippen LogP contribution < -0.4 is 0 Å². The van der Waals surface area contributed by atoms with Crippen molar-refractivity contribution in [1.82, 2.24) is 9.21 Å². The maximum absolute atomic E-state index is 13.1. The van der Waals surface area contributed by atoms with E-state index in [-0.39, 0.29) is 28.3 Å². The Kier molecular flexibility index (Phi) is 5.09. The van der Waals surface area contributed by atoms with Crippen LogP contribution in [0.1, 0.15) is 12.8 Å². The number of sulfonamides is 1. The summed E-state index contributed by atoms with van der Waals surface area (Å²) in [4.78, 5) is 13.4. The molecular weight excluding hydrogens is 331 g/mol. The zero-order valence-corrected chi connectivity index (χ0v) is 14.0. The molecule has 1 fully saturated rings. The molecular formula is C14H18ClFN2O3S. The molecule has 1 amide bonds. The number of rotatable bonds is 3. The molecule has 0 unspecified atom stereocenters. The molecule has 5 nitrogen and oxygen atoms in total. The molecule has 1 aromatic carbocycles. The van der Waals surface area contributed by atoms with Gasteiger partial charge in [-0.25, -0.2) is 12.8 Å². The van der Waals surface area contributed by atoms with Crippen molar-refractivity contribution in [2.45, 2.75) is 17.7 Å². The second-order valence-corrected chi connectivity index (χ2v) is 7.82. The van der Waals surface area contributed by atoms with Crippen molar-refractivity contribution in [2.75, 3.05) is 27.2 Å².